The molecule has 2 rings (SSSR count). The predicted octanol–water partition coefficient (Wildman–Crippen LogP) is 3.41. The van der Waals surface area contributed by atoms with Gasteiger partial charge in [-0.2, -0.15) is 0 Å². The molecule has 2 N–H and O–H groups in total. The largest absolute Gasteiger partial charge is 0.506 e. The van der Waals surface area contributed by atoms with Crippen LogP contribution in [0.1, 0.15) is 25.5 Å². The first-order chi connectivity index (χ1) is 8.31. The van der Waals surface area contributed by atoms with Crippen LogP contribution >= 0.6 is 45.2 Å². The van der Waals surface area contributed by atoms with E-state index < -0.39 is 6.09 Å². The number of amides is 1. The van der Waals surface area contributed by atoms with Crippen molar-refractivity contribution in [2.75, 3.05) is 6.61 Å². The fourth-order valence-corrected chi connectivity index (χ4v) is 3.88. The quantitative estimate of drug-likeness (QED) is 0.616. The van der Waals surface area contributed by atoms with Gasteiger partial charge in [-0.15, -0.1) is 0 Å². The molecule has 6 heteroatoms. The van der Waals surface area contributed by atoms with E-state index in [0.717, 1.165) is 12.7 Å². The average molecular weight is 473 g/mol. The van der Waals surface area contributed by atoms with Crippen molar-refractivity contribution in [2.45, 2.75) is 19.9 Å². The van der Waals surface area contributed by atoms with Crippen LogP contribution in [0.15, 0.2) is 12.1 Å². The topological polar surface area (TPSA) is 58.6 Å². The molecule has 0 spiro atoms. The lowest BCUT2D eigenvalue weighted by atomic mass is 9.80. The Kier molecular flexibility index (Phi) is 3.96. The van der Waals surface area contributed by atoms with Crippen molar-refractivity contribution >= 4 is 51.3 Å². The molecule has 0 saturated carbocycles. The molecule has 0 aliphatic carbocycles. The Balaban J connectivity index is 2.49. The summed E-state index contributed by atoms with van der Waals surface area (Å²) in [4.78, 5) is 11.4. The summed E-state index contributed by atoms with van der Waals surface area (Å²) in [5, 5.41) is 13.0. The minimum absolute atomic E-state index is 0.233. The monoisotopic (exact) mass is 473 g/mol. The van der Waals surface area contributed by atoms with E-state index in [1.165, 1.54) is 0 Å². The highest BCUT2D eigenvalue weighted by Gasteiger charge is 2.39. The van der Waals surface area contributed by atoms with Crippen molar-refractivity contribution in [3.05, 3.63) is 24.8 Å². The van der Waals surface area contributed by atoms with Crippen LogP contribution in [-0.2, 0) is 4.74 Å². The number of carbonyl (C=O) groups excluding carboxylic acids is 1. The number of halogens is 2. The SMILES string of the molecule is CC1(C)COC(=O)N[C@H]1c1cc(I)cc(I)c1O. The zero-order valence-electron chi connectivity index (χ0n) is 9.96. The number of phenols is 1. The lowest BCUT2D eigenvalue weighted by Crippen LogP contribution is -2.47. The second kappa shape index (κ2) is 5.03. The highest BCUT2D eigenvalue weighted by Crippen LogP contribution is 2.41. The van der Waals surface area contributed by atoms with E-state index in [1.54, 1.807) is 0 Å². The van der Waals surface area contributed by atoms with E-state index in [2.05, 4.69) is 50.5 Å². The van der Waals surface area contributed by atoms with E-state index in [4.69, 9.17) is 4.74 Å². The number of ether oxygens (including phenoxy) is 1. The smallest absolute Gasteiger partial charge is 0.407 e. The number of nitrogens with one attached hydrogen (secondary N) is 1. The molecule has 0 unspecified atom stereocenters. The van der Waals surface area contributed by atoms with Crippen LogP contribution in [0.25, 0.3) is 0 Å². The third-order valence-corrected chi connectivity index (χ3v) is 4.43. The van der Waals surface area contributed by atoms with Crippen LogP contribution in [0.2, 0.25) is 0 Å². The van der Waals surface area contributed by atoms with Crippen LogP contribution in [0, 0.1) is 12.6 Å². The highest BCUT2D eigenvalue weighted by atomic mass is 127. The summed E-state index contributed by atoms with van der Waals surface area (Å²) >= 11 is 4.29. The molecule has 1 aliphatic heterocycles. The van der Waals surface area contributed by atoms with Crippen LogP contribution in [-0.4, -0.2) is 17.8 Å². The molecule has 1 amide bonds. The third kappa shape index (κ3) is 2.68. The van der Waals surface area contributed by atoms with Gasteiger partial charge in [0.15, 0.2) is 0 Å². The maximum atomic E-state index is 11.4. The molecular formula is C12H13I2NO3. The molecule has 0 radical (unpaired) electrons. The zero-order chi connectivity index (χ0) is 13.5. The maximum Gasteiger partial charge on any atom is 0.407 e. The van der Waals surface area contributed by atoms with Gasteiger partial charge < -0.3 is 15.2 Å². The zero-order valence-corrected chi connectivity index (χ0v) is 14.3. The Morgan fingerprint density at radius 1 is 1.44 bits per heavy atom. The molecule has 1 saturated heterocycles. The molecular weight excluding hydrogens is 460 g/mol. The minimum Gasteiger partial charge on any atom is -0.506 e. The molecule has 1 heterocycles. The van der Waals surface area contributed by atoms with Gasteiger partial charge in [0.25, 0.3) is 0 Å². The van der Waals surface area contributed by atoms with Crippen molar-refractivity contribution in [2.24, 2.45) is 5.41 Å². The van der Waals surface area contributed by atoms with Crippen LogP contribution in [0.5, 0.6) is 5.75 Å². The summed E-state index contributed by atoms with van der Waals surface area (Å²) in [6.45, 7) is 4.34. The molecule has 98 valence electrons. The number of carbonyl (C=O) groups is 1. The summed E-state index contributed by atoms with van der Waals surface area (Å²) in [5.74, 6) is 0.233. The third-order valence-electron chi connectivity index (χ3n) is 2.99. The summed E-state index contributed by atoms with van der Waals surface area (Å²) in [6, 6.07) is 3.55. The van der Waals surface area contributed by atoms with Gasteiger partial charge in [-0.1, -0.05) is 13.8 Å². The normalized spacial score (nSPS) is 22.2. The van der Waals surface area contributed by atoms with E-state index in [0.29, 0.717) is 6.61 Å². The Labute approximate surface area is 133 Å². The van der Waals surface area contributed by atoms with Gasteiger partial charge in [0.2, 0.25) is 0 Å². The van der Waals surface area contributed by atoms with Crippen molar-refractivity contribution in [1.82, 2.24) is 5.32 Å². The first-order valence-corrected chi connectivity index (χ1v) is 7.58. The predicted molar refractivity (Wildman–Crippen MR) is 84.5 cm³/mol. The number of cyclic esters (lactones) is 1. The van der Waals surface area contributed by atoms with Crippen LogP contribution in [0.4, 0.5) is 4.79 Å². The number of alkyl carbamates (subject to hydrolysis) is 1. The van der Waals surface area contributed by atoms with E-state index in [9.17, 15) is 9.90 Å². The lowest BCUT2D eigenvalue weighted by molar-refractivity contribution is 0.0381. The standard InChI is InChI=1S/C12H13I2NO3/c1-12(2)5-18-11(17)15-10(12)7-3-6(13)4-8(14)9(7)16/h3-4,10,16H,5H2,1-2H3,(H,15,17)/t10-/m0/s1. The van der Waals surface area contributed by atoms with Gasteiger partial charge in [0.1, 0.15) is 12.4 Å². The Hall–Kier alpha value is -0.250. The number of benzene rings is 1. The molecule has 1 fully saturated rings. The van der Waals surface area contributed by atoms with Gasteiger partial charge in [0.05, 0.1) is 9.61 Å². The first-order valence-electron chi connectivity index (χ1n) is 5.42. The number of phenolic OH excluding ortho intramolecular Hbond substituents is 1. The number of hydrogen-bond acceptors (Lipinski definition) is 3. The van der Waals surface area contributed by atoms with Crippen molar-refractivity contribution in [1.29, 1.82) is 0 Å². The first kappa shape index (κ1) is 14.2. The summed E-state index contributed by atoms with van der Waals surface area (Å²) in [5.41, 5.74) is 0.478. The molecule has 1 aliphatic rings. The minimum atomic E-state index is -0.437. The molecule has 0 aromatic heterocycles. The number of aromatic hydroxyl groups is 1. The number of rotatable bonds is 1. The summed E-state index contributed by atoms with van der Waals surface area (Å²) in [6.07, 6.45) is -0.437. The van der Waals surface area contributed by atoms with E-state index >= 15 is 0 Å². The average Bonchev–Trinajstić information content (AvgIpc) is 2.27. The van der Waals surface area contributed by atoms with Gasteiger partial charge in [0, 0.05) is 14.5 Å². The van der Waals surface area contributed by atoms with Crippen molar-refractivity contribution in [3.63, 3.8) is 0 Å². The molecule has 18 heavy (non-hydrogen) atoms. The Morgan fingerprint density at radius 3 is 2.78 bits per heavy atom. The molecule has 1 aromatic carbocycles. The molecule has 4 nitrogen and oxygen atoms in total. The van der Waals surface area contributed by atoms with Crippen molar-refractivity contribution < 1.29 is 14.6 Å². The molecule has 0 bridgehead atoms. The van der Waals surface area contributed by atoms with E-state index in [-0.39, 0.29) is 17.2 Å². The summed E-state index contributed by atoms with van der Waals surface area (Å²) < 4.78 is 6.82. The Bertz CT molecular complexity index is 502. The van der Waals surface area contributed by atoms with E-state index in [1.807, 2.05) is 26.0 Å². The number of hydrogen-bond donors (Lipinski definition) is 2. The second-order valence-corrected chi connectivity index (χ2v) is 7.38. The van der Waals surface area contributed by atoms with Gasteiger partial charge in [-0.3, -0.25) is 0 Å². The van der Waals surface area contributed by atoms with Gasteiger partial charge in [-0.05, 0) is 57.3 Å². The van der Waals surface area contributed by atoms with Crippen molar-refractivity contribution in [3.8, 4) is 5.75 Å². The van der Waals surface area contributed by atoms with Crippen LogP contribution in [0.3, 0.4) is 0 Å². The lowest BCUT2D eigenvalue weighted by Gasteiger charge is -2.38. The van der Waals surface area contributed by atoms with Gasteiger partial charge in [-0.25, -0.2) is 4.79 Å². The maximum absolute atomic E-state index is 11.4. The fraction of sp³-hybridized carbons (Fsp3) is 0.417. The summed E-state index contributed by atoms with van der Waals surface area (Å²) in [7, 11) is 0. The Morgan fingerprint density at radius 2 is 2.11 bits per heavy atom. The highest BCUT2D eigenvalue weighted by molar-refractivity contribution is 14.1. The fourth-order valence-electron chi connectivity index (χ4n) is 1.99. The second-order valence-electron chi connectivity index (χ2n) is 4.97. The molecule has 1 aromatic rings. The van der Waals surface area contributed by atoms with Crippen LogP contribution < -0.4 is 5.32 Å². The van der Waals surface area contributed by atoms with Gasteiger partial charge >= 0.3 is 6.09 Å². The molecule has 1 atom stereocenters.